The number of hydrogen-bond donors (Lipinski definition) is 1. The normalized spacial score (nSPS) is 12.3. The van der Waals surface area contributed by atoms with Crippen molar-refractivity contribution in [3.05, 3.63) is 0 Å². The molecule has 0 unspecified atom stereocenters. The maximum atomic E-state index is 11.7. The van der Waals surface area contributed by atoms with Gasteiger partial charge < -0.3 is 10.1 Å². The third-order valence-electron chi connectivity index (χ3n) is 3.34. The van der Waals surface area contributed by atoms with Crippen LogP contribution < -0.4 is 5.32 Å². The lowest BCUT2D eigenvalue weighted by atomic mass is 9.89. The Morgan fingerprint density at radius 2 is 1.45 bits per heavy atom. The van der Waals surface area contributed by atoms with Crippen LogP contribution in [-0.2, 0) is 14.3 Å². The molecule has 0 aromatic heterocycles. The van der Waals surface area contributed by atoms with Crippen molar-refractivity contribution in [2.75, 3.05) is 13.2 Å². The highest BCUT2D eigenvalue weighted by atomic mass is 16.5. The molecule has 0 aromatic rings. The third kappa shape index (κ3) is 12.8. The molecule has 0 heterocycles. The quantitative estimate of drug-likeness (QED) is 0.623. The van der Waals surface area contributed by atoms with Crippen molar-refractivity contribution in [3.8, 4) is 0 Å². The third-order valence-corrected chi connectivity index (χ3v) is 3.34. The molecule has 0 fully saturated rings. The van der Waals surface area contributed by atoms with E-state index in [9.17, 15) is 9.59 Å². The van der Waals surface area contributed by atoms with Crippen molar-refractivity contribution in [2.45, 2.75) is 85.7 Å². The molecule has 0 saturated carbocycles. The zero-order valence-electron chi connectivity index (χ0n) is 15.4. The van der Waals surface area contributed by atoms with Crippen LogP contribution in [0.25, 0.3) is 0 Å². The molecule has 0 rings (SSSR count). The number of unbranched alkanes of at least 4 members (excludes halogenated alkanes) is 3. The number of Topliss-reactive ketones (excluding diaryl/α,β-unsaturated/α-hetero) is 1. The monoisotopic (exact) mass is 313 g/mol. The average molecular weight is 313 g/mol. The van der Waals surface area contributed by atoms with Crippen LogP contribution in [-0.4, -0.2) is 30.4 Å². The number of rotatable bonds is 10. The van der Waals surface area contributed by atoms with Crippen LogP contribution >= 0.6 is 0 Å². The zero-order valence-corrected chi connectivity index (χ0v) is 15.4. The van der Waals surface area contributed by atoms with E-state index in [1.165, 1.54) is 0 Å². The molecule has 0 atom stereocenters. The lowest BCUT2D eigenvalue weighted by molar-refractivity contribution is -0.126. The van der Waals surface area contributed by atoms with Crippen LogP contribution in [0.4, 0.5) is 0 Å². The Labute approximate surface area is 136 Å². The minimum absolute atomic E-state index is 0.0488. The molecule has 130 valence electrons. The van der Waals surface area contributed by atoms with Gasteiger partial charge in [-0.2, -0.15) is 0 Å². The maximum Gasteiger partial charge on any atom is 0.220 e. The van der Waals surface area contributed by atoms with E-state index in [0.29, 0.717) is 19.4 Å². The van der Waals surface area contributed by atoms with Gasteiger partial charge >= 0.3 is 0 Å². The molecule has 1 amide bonds. The Morgan fingerprint density at radius 3 is 2.00 bits per heavy atom. The first-order valence-corrected chi connectivity index (χ1v) is 8.46. The number of amides is 1. The molecule has 0 aromatic carbocycles. The molecular weight excluding hydrogens is 278 g/mol. The Morgan fingerprint density at radius 1 is 0.864 bits per heavy atom. The SMILES string of the molecule is CC(C)(C)OCCCCCCC(=O)NCCC(=O)C(C)(C)C. The molecule has 1 N–H and O–H groups in total. The number of nitrogens with one attached hydrogen (secondary N) is 1. The summed E-state index contributed by atoms with van der Waals surface area (Å²) < 4.78 is 5.65. The van der Waals surface area contributed by atoms with E-state index in [-0.39, 0.29) is 22.7 Å². The van der Waals surface area contributed by atoms with Crippen LogP contribution in [0.5, 0.6) is 0 Å². The maximum absolute atomic E-state index is 11.7. The van der Waals surface area contributed by atoms with E-state index in [0.717, 1.165) is 32.3 Å². The van der Waals surface area contributed by atoms with Crippen LogP contribution in [0.1, 0.15) is 80.1 Å². The van der Waals surface area contributed by atoms with E-state index in [4.69, 9.17) is 4.74 Å². The second-order valence-corrected chi connectivity index (χ2v) is 7.90. The molecule has 0 bridgehead atoms. The van der Waals surface area contributed by atoms with Crippen molar-refractivity contribution in [1.29, 1.82) is 0 Å². The Kier molecular flexibility index (Phi) is 9.58. The number of ether oxygens (including phenoxy) is 1. The molecule has 0 aliphatic carbocycles. The Hall–Kier alpha value is -0.900. The fourth-order valence-corrected chi connectivity index (χ4v) is 1.90. The van der Waals surface area contributed by atoms with Gasteiger partial charge in [0.1, 0.15) is 5.78 Å². The summed E-state index contributed by atoms with van der Waals surface area (Å²) in [4.78, 5) is 23.4. The second-order valence-electron chi connectivity index (χ2n) is 7.90. The van der Waals surface area contributed by atoms with Crippen molar-refractivity contribution in [1.82, 2.24) is 5.32 Å². The van der Waals surface area contributed by atoms with Gasteiger partial charge in [0.15, 0.2) is 0 Å². The van der Waals surface area contributed by atoms with Gasteiger partial charge in [-0.1, -0.05) is 33.6 Å². The highest BCUT2D eigenvalue weighted by Crippen LogP contribution is 2.16. The summed E-state index contributed by atoms with van der Waals surface area (Å²) in [6.07, 6.45) is 5.03. The van der Waals surface area contributed by atoms with Crippen LogP contribution in [0.15, 0.2) is 0 Å². The first-order chi connectivity index (χ1) is 10.0. The number of carbonyl (C=O) groups excluding carboxylic acids is 2. The van der Waals surface area contributed by atoms with Gasteiger partial charge in [-0.3, -0.25) is 9.59 Å². The molecule has 4 nitrogen and oxygen atoms in total. The van der Waals surface area contributed by atoms with Crippen molar-refractivity contribution in [3.63, 3.8) is 0 Å². The smallest absolute Gasteiger partial charge is 0.220 e. The largest absolute Gasteiger partial charge is 0.376 e. The van der Waals surface area contributed by atoms with Crippen LogP contribution in [0.2, 0.25) is 0 Å². The first-order valence-electron chi connectivity index (χ1n) is 8.46. The van der Waals surface area contributed by atoms with E-state index in [1.807, 2.05) is 20.8 Å². The van der Waals surface area contributed by atoms with Gasteiger partial charge in [0, 0.05) is 31.4 Å². The van der Waals surface area contributed by atoms with Crippen molar-refractivity contribution >= 4 is 11.7 Å². The van der Waals surface area contributed by atoms with E-state index >= 15 is 0 Å². The highest BCUT2D eigenvalue weighted by Gasteiger charge is 2.20. The Balaban J connectivity index is 3.50. The zero-order chi connectivity index (χ0) is 17.2. The summed E-state index contributed by atoms with van der Waals surface area (Å²) in [6.45, 7) is 13.1. The molecule has 4 heteroatoms. The number of ketones is 1. The summed E-state index contributed by atoms with van der Waals surface area (Å²) in [5, 5.41) is 2.82. The lowest BCUT2D eigenvalue weighted by Crippen LogP contribution is -2.29. The van der Waals surface area contributed by atoms with Crippen molar-refractivity contribution in [2.24, 2.45) is 5.41 Å². The first kappa shape index (κ1) is 21.1. The van der Waals surface area contributed by atoms with Gasteiger partial charge in [0.25, 0.3) is 0 Å². The predicted molar refractivity (Wildman–Crippen MR) is 90.9 cm³/mol. The fraction of sp³-hybridized carbons (Fsp3) is 0.889. The summed E-state index contributed by atoms with van der Waals surface area (Å²) in [6, 6.07) is 0. The fourth-order valence-electron chi connectivity index (χ4n) is 1.90. The molecule has 0 saturated heterocycles. The van der Waals surface area contributed by atoms with Gasteiger partial charge in [-0.15, -0.1) is 0 Å². The molecule has 0 radical (unpaired) electrons. The van der Waals surface area contributed by atoms with E-state index in [1.54, 1.807) is 0 Å². The minimum Gasteiger partial charge on any atom is -0.376 e. The molecular formula is C18H35NO3. The lowest BCUT2D eigenvalue weighted by Gasteiger charge is -2.19. The molecule has 0 aliphatic rings. The topological polar surface area (TPSA) is 55.4 Å². The van der Waals surface area contributed by atoms with Gasteiger partial charge in [-0.05, 0) is 33.6 Å². The predicted octanol–water partition coefficient (Wildman–Crippen LogP) is 3.87. The van der Waals surface area contributed by atoms with E-state index in [2.05, 4.69) is 26.1 Å². The molecule has 22 heavy (non-hydrogen) atoms. The van der Waals surface area contributed by atoms with Crippen molar-refractivity contribution < 1.29 is 14.3 Å². The second kappa shape index (κ2) is 9.98. The van der Waals surface area contributed by atoms with Crippen LogP contribution in [0.3, 0.4) is 0 Å². The average Bonchev–Trinajstić information content (AvgIpc) is 2.35. The number of hydrogen-bond acceptors (Lipinski definition) is 3. The Bertz CT molecular complexity index is 337. The minimum atomic E-state index is -0.320. The standard InChI is InChI=1S/C18H35NO3/c1-17(2,3)15(20)12-13-19-16(21)11-9-7-8-10-14-22-18(4,5)6/h7-14H2,1-6H3,(H,19,21). The van der Waals surface area contributed by atoms with Crippen LogP contribution in [0, 0.1) is 5.41 Å². The molecule has 0 aliphatic heterocycles. The van der Waals surface area contributed by atoms with Gasteiger partial charge in [0.2, 0.25) is 5.91 Å². The summed E-state index contributed by atoms with van der Waals surface area (Å²) >= 11 is 0. The van der Waals surface area contributed by atoms with Gasteiger partial charge in [-0.25, -0.2) is 0 Å². The highest BCUT2D eigenvalue weighted by molar-refractivity contribution is 5.84. The summed E-state index contributed by atoms with van der Waals surface area (Å²) in [7, 11) is 0. The van der Waals surface area contributed by atoms with Gasteiger partial charge in [0.05, 0.1) is 5.60 Å². The molecule has 0 spiro atoms. The van der Waals surface area contributed by atoms with E-state index < -0.39 is 0 Å². The summed E-state index contributed by atoms with van der Waals surface area (Å²) in [5.41, 5.74) is -0.385. The number of carbonyl (C=O) groups is 2. The summed E-state index contributed by atoms with van der Waals surface area (Å²) in [5.74, 6) is 0.235.